The summed E-state index contributed by atoms with van der Waals surface area (Å²) >= 11 is 0. The van der Waals surface area contributed by atoms with Crippen LogP contribution in [0.5, 0.6) is 0 Å². The van der Waals surface area contributed by atoms with Gasteiger partial charge >= 0.3 is 0 Å². The largest absolute Gasteiger partial charge is 0.321 e. The summed E-state index contributed by atoms with van der Waals surface area (Å²) < 4.78 is 0. The molecule has 0 aromatic carbocycles. The van der Waals surface area contributed by atoms with Crippen LogP contribution >= 0.6 is 0 Å². The van der Waals surface area contributed by atoms with Gasteiger partial charge in [-0.1, -0.05) is 0 Å². The van der Waals surface area contributed by atoms with E-state index in [1.807, 2.05) is 0 Å². The lowest BCUT2D eigenvalue weighted by Crippen LogP contribution is -2.52. The fraction of sp³-hybridized carbons (Fsp3) is 0.769. The van der Waals surface area contributed by atoms with Crippen molar-refractivity contribution >= 4 is 23.3 Å². The summed E-state index contributed by atoms with van der Waals surface area (Å²) in [5.74, 6) is 5.00. The Labute approximate surface area is 189 Å². The fourth-order valence-electron chi connectivity index (χ4n) is 9.79. The first-order valence-electron chi connectivity index (χ1n) is 12.9. The van der Waals surface area contributed by atoms with Gasteiger partial charge in [-0.15, -0.1) is 0 Å². The molecule has 8 fully saturated rings. The molecule has 6 nitrogen and oxygen atoms in total. The summed E-state index contributed by atoms with van der Waals surface area (Å²) in [6.07, 6.45) is 17.1. The molecule has 6 heteroatoms. The number of amides is 2. The Morgan fingerprint density at radius 3 is 1.53 bits per heavy atom. The van der Waals surface area contributed by atoms with Crippen molar-refractivity contribution in [2.75, 3.05) is 10.6 Å². The van der Waals surface area contributed by atoms with E-state index in [9.17, 15) is 9.59 Å². The first-order chi connectivity index (χ1) is 15.5. The number of nitrogens with zero attached hydrogens (tertiary/aromatic N) is 2. The molecule has 1 aromatic rings. The van der Waals surface area contributed by atoms with Gasteiger partial charge in [0.1, 0.15) is 12.0 Å². The van der Waals surface area contributed by atoms with Crippen molar-refractivity contribution in [1.82, 2.24) is 9.97 Å². The summed E-state index contributed by atoms with van der Waals surface area (Å²) in [5.41, 5.74) is 0.0958. The van der Waals surface area contributed by atoms with Gasteiger partial charge in [-0.25, -0.2) is 9.97 Å². The maximum absolute atomic E-state index is 13.5. The summed E-state index contributed by atoms with van der Waals surface area (Å²) in [6, 6.07) is 0. The van der Waals surface area contributed by atoms with Crippen molar-refractivity contribution < 1.29 is 9.59 Å². The Bertz CT molecular complexity index is 825. The van der Waals surface area contributed by atoms with E-state index in [0.29, 0.717) is 47.0 Å². The highest BCUT2D eigenvalue weighted by Gasteiger charge is 2.56. The number of anilines is 2. The highest BCUT2D eigenvalue weighted by molar-refractivity contribution is 6.02. The topological polar surface area (TPSA) is 84.0 Å². The van der Waals surface area contributed by atoms with Gasteiger partial charge < -0.3 is 10.6 Å². The van der Waals surface area contributed by atoms with E-state index in [2.05, 4.69) is 20.6 Å². The first kappa shape index (κ1) is 19.5. The lowest BCUT2D eigenvalue weighted by Gasteiger charge is -2.55. The van der Waals surface area contributed by atoms with Crippen LogP contribution in [0.15, 0.2) is 12.5 Å². The van der Waals surface area contributed by atoms with Crippen LogP contribution in [0, 0.1) is 46.3 Å². The Balaban J connectivity index is 1.11. The van der Waals surface area contributed by atoms with Crippen LogP contribution in [-0.4, -0.2) is 21.8 Å². The van der Waals surface area contributed by atoms with Crippen molar-refractivity contribution in [2.45, 2.75) is 77.0 Å². The monoisotopic (exact) mass is 434 g/mol. The third-order valence-corrected chi connectivity index (χ3v) is 10.2. The molecular formula is C26H34N4O2. The van der Waals surface area contributed by atoms with Crippen LogP contribution in [0.4, 0.5) is 11.5 Å². The average molecular weight is 435 g/mol. The van der Waals surface area contributed by atoms with Gasteiger partial charge in [-0.05, 0) is 113 Å². The van der Waals surface area contributed by atoms with Gasteiger partial charge in [0, 0.05) is 0 Å². The highest BCUT2D eigenvalue weighted by Crippen LogP contribution is 2.61. The van der Waals surface area contributed by atoms with E-state index in [1.54, 1.807) is 6.20 Å². The Morgan fingerprint density at radius 1 is 0.688 bits per heavy atom. The van der Waals surface area contributed by atoms with E-state index in [-0.39, 0.29) is 22.6 Å². The zero-order valence-electron chi connectivity index (χ0n) is 18.8. The predicted molar refractivity (Wildman–Crippen MR) is 121 cm³/mol. The van der Waals surface area contributed by atoms with Crippen LogP contribution < -0.4 is 10.6 Å². The fourth-order valence-corrected chi connectivity index (χ4v) is 9.79. The normalized spacial score (nSPS) is 45.1. The van der Waals surface area contributed by atoms with Crippen LogP contribution in [0.1, 0.15) is 77.0 Å². The number of hydrogen-bond acceptors (Lipinski definition) is 4. The maximum atomic E-state index is 13.5. The second kappa shape index (κ2) is 6.77. The molecule has 2 N–H and O–H groups in total. The molecule has 170 valence electrons. The number of hydrogen-bond donors (Lipinski definition) is 2. The third kappa shape index (κ3) is 2.97. The van der Waals surface area contributed by atoms with E-state index in [1.165, 1.54) is 44.9 Å². The third-order valence-electron chi connectivity index (χ3n) is 10.2. The predicted octanol–water partition coefficient (Wildman–Crippen LogP) is 4.79. The summed E-state index contributed by atoms with van der Waals surface area (Å²) in [5, 5.41) is 6.31. The second-order valence-electron chi connectivity index (χ2n) is 12.6. The highest BCUT2D eigenvalue weighted by atomic mass is 16.2. The van der Waals surface area contributed by atoms with Crippen LogP contribution in [-0.2, 0) is 9.59 Å². The molecule has 0 spiro atoms. The van der Waals surface area contributed by atoms with Crippen molar-refractivity contribution in [3.05, 3.63) is 12.5 Å². The van der Waals surface area contributed by atoms with Crippen LogP contribution in [0.2, 0.25) is 0 Å². The van der Waals surface area contributed by atoms with E-state index < -0.39 is 0 Å². The summed E-state index contributed by atoms with van der Waals surface area (Å²) in [7, 11) is 0. The molecule has 9 rings (SSSR count). The molecule has 8 aliphatic carbocycles. The van der Waals surface area contributed by atoms with Crippen molar-refractivity contribution in [3.63, 3.8) is 0 Å². The van der Waals surface area contributed by atoms with E-state index in [0.717, 1.165) is 38.5 Å². The quantitative estimate of drug-likeness (QED) is 0.714. The zero-order valence-corrected chi connectivity index (χ0v) is 18.8. The number of carbonyl (C=O) groups is 2. The number of rotatable bonds is 4. The molecule has 1 aromatic heterocycles. The van der Waals surface area contributed by atoms with E-state index >= 15 is 0 Å². The van der Waals surface area contributed by atoms with Gasteiger partial charge in [0.15, 0.2) is 5.82 Å². The summed E-state index contributed by atoms with van der Waals surface area (Å²) in [4.78, 5) is 35.6. The standard InChI is InChI=1S/C26H34N4O2/c31-23(25-7-15-1-16(8-25)3-17(2-15)9-25)29-21-13-27-14-28-22(21)30-24(32)26-10-18-4-19(11-26)6-20(5-18)12-26/h13-20H,1-12H2,(H,29,31)(H,27,28,30,32). The Kier molecular flexibility index (Phi) is 4.12. The second-order valence-corrected chi connectivity index (χ2v) is 12.6. The van der Waals surface area contributed by atoms with Gasteiger partial charge in [0.05, 0.1) is 17.0 Å². The number of carbonyl (C=O) groups excluding carboxylic acids is 2. The lowest BCUT2D eigenvalue weighted by molar-refractivity contribution is -0.141. The number of aromatic nitrogens is 2. The number of nitrogens with one attached hydrogen (secondary N) is 2. The van der Waals surface area contributed by atoms with Gasteiger partial charge in [0.2, 0.25) is 11.8 Å². The van der Waals surface area contributed by atoms with Crippen molar-refractivity contribution in [2.24, 2.45) is 46.3 Å². The Hall–Kier alpha value is -1.98. The molecule has 8 aliphatic rings. The van der Waals surface area contributed by atoms with Crippen molar-refractivity contribution in [1.29, 1.82) is 0 Å². The zero-order chi connectivity index (χ0) is 21.5. The van der Waals surface area contributed by atoms with Gasteiger partial charge in [0.25, 0.3) is 0 Å². The minimum Gasteiger partial charge on any atom is -0.321 e. The molecule has 0 atom stereocenters. The van der Waals surface area contributed by atoms with Crippen molar-refractivity contribution in [3.8, 4) is 0 Å². The summed E-state index contributed by atoms with van der Waals surface area (Å²) in [6.45, 7) is 0. The molecule has 0 saturated heterocycles. The minimum atomic E-state index is -0.235. The molecular weight excluding hydrogens is 400 g/mol. The molecule has 32 heavy (non-hydrogen) atoms. The minimum absolute atomic E-state index is 0.112. The molecule has 8 bridgehead atoms. The SMILES string of the molecule is O=C(Nc1cncnc1NC(=O)C12CC3CC(CC(C3)C1)C2)C12CC3CC(CC(C3)C1)C2. The Morgan fingerprint density at radius 2 is 1.09 bits per heavy atom. The molecule has 0 radical (unpaired) electrons. The molecule has 2 amide bonds. The van der Waals surface area contributed by atoms with Crippen LogP contribution in [0.3, 0.4) is 0 Å². The maximum Gasteiger partial charge on any atom is 0.231 e. The average Bonchev–Trinajstić information content (AvgIpc) is 2.73. The molecule has 0 unspecified atom stereocenters. The van der Waals surface area contributed by atoms with Crippen LogP contribution in [0.25, 0.3) is 0 Å². The molecule has 1 heterocycles. The van der Waals surface area contributed by atoms with E-state index in [4.69, 9.17) is 0 Å². The molecule has 8 saturated carbocycles. The van der Waals surface area contributed by atoms with Gasteiger partial charge in [-0.2, -0.15) is 0 Å². The smallest absolute Gasteiger partial charge is 0.231 e. The first-order valence-corrected chi connectivity index (χ1v) is 12.9. The lowest BCUT2D eigenvalue weighted by atomic mass is 9.49. The molecule has 0 aliphatic heterocycles. The van der Waals surface area contributed by atoms with Gasteiger partial charge in [-0.3, -0.25) is 9.59 Å².